The van der Waals surface area contributed by atoms with E-state index in [-0.39, 0.29) is 30.4 Å². The Bertz CT molecular complexity index is 653. The highest BCUT2D eigenvalue weighted by atomic mass is 19.3. The molecule has 1 heterocycles. The van der Waals surface area contributed by atoms with Gasteiger partial charge in [0.15, 0.2) is 0 Å². The van der Waals surface area contributed by atoms with Crippen LogP contribution in [0.25, 0.3) is 0 Å². The number of nitrogens with zero attached hydrogens (tertiary/aromatic N) is 1. The number of hydrogen-bond donors (Lipinski definition) is 2. The topological polar surface area (TPSA) is 77.8 Å². The van der Waals surface area contributed by atoms with Crippen LogP contribution >= 0.6 is 0 Å². The molecule has 29 heavy (non-hydrogen) atoms. The molecule has 1 aromatic carbocycles. The van der Waals surface area contributed by atoms with Crippen molar-refractivity contribution in [2.75, 3.05) is 6.54 Å². The van der Waals surface area contributed by atoms with E-state index in [0.29, 0.717) is 25.8 Å². The molecule has 0 spiro atoms. The summed E-state index contributed by atoms with van der Waals surface area (Å²) in [5.74, 6) is -4.09. The van der Waals surface area contributed by atoms with Crippen molar-refractivity contribution in [2.45, 2.75) is 82.3 Å². The highest BCUT2D eigenvalue weighted by molar-refractivity contribution is 5.77. The molecule has 1 aromatic rings. The fraction of sp³-hybridized carbons (Fsp3) is 0.636. The summed E-state index contributed by atoms with van der Waals surface area (Å²) in [6.07, 6.45) is 3.61. The number of amides is 1. The van der Waals surface area contributed by atoms with Gasteiger partial charge in [0.2, 0.25) is 5.91 Å². The van der Waals surface area contributed by atoms with Gasteiger partial charge >= 0.3 is 5.97 Å². The zero-order chi connectivity index (χ0) is 21.3. The van der Waals surface area contributed by atoms with Gasteiger partial charge in [0, 0.05) is 31.0 Å². The first-order valence-corrected chi connectivity index (χ1v) is 10.4. The average Bonchev–Trinajstić information content (AvgIpc) is 2.70. The van der Waals surface area contributed by atoms with Crippen LogP contribution in [-0.4, -0.2) is 45.7 Å². The normalized spacial score (nSPS) is 18.7. The fourth-order valence-electron chi connectivity index (χ4n) is 3.90. The number of carbonyl (C=O) groups is 2. The lowest BCUT2D eigenvalue weighted by Crippen LogP contribution is -2.45. The third kappa shape index (κ3) is 7.07. The van der Waals surface area contributed by atoms with Crippen molar-refractivity contribution in [2.24, 2.45) is 0 Å². The smallest absolute Gasteiger partial charge is 0.303 e. The highest BCUT2D eigenvalue weighted by Crippen LogP contribution is 2.35. The third-order valence-electron chi connectivity index (χ3n) is 5.58. The fourth-order valence-corrected chi connectivity index (χ4v) is 3.90. The van der Waals surface area contributed by atoms with Gasteiger partial charge in [0.1, 0.15) is 6.10 Å². The SMILES string of the molecule is O=C(O)CCCCCCN1C(=O)CCC[C@@H]1CC[C@H](O)C(F)(F)c1ccccc1. The number of unbranched alkanes of at least 4 members (excludes halogenated alkanes) is 3. The van der Waals surface area contributed by atoms with Crippen molar-refractivity contribution < 1.29 is 28.6 Å². The van der Waals surface area contributed by atoms with E-state index in [1.807, 2.05) is 0 Å². The van der Waals surface area contributed by atoms with Crippen molar-refractivity contribution in [1.82, 2.24) is 4.90 Å². The monoisotopic (exact) mass is 411 g/mol. The Morgan fingerprint density at radius 3 is 2.55 bits per heavy atom. The summed E-state index contributed by atoms with van der Waals surface area (Å²) in [5.41, 5.74) is -0.203. The van der Waals surface area contributed by atoms with Crippen molar-refractivity contribution in [1.29, 1.82) is 0 Å². The molecule has 0 bridgehead atoms. The largest absolute Gasteiger partial charge is 0.481 e. The second-order valence-electron chi connectivity index (χ2n) is 7.77. The molecular formula is C22H31F2NO4. The number of aliphatic hydroxyl groups is 1. The molecule has 2 atom stereocenters. The van der Waals surface area contributed by atoms with E-state index < -0.39 is 18.0 Å². The summed E-state index contributed by atoms with van der Waals surface area (Å²) in [6.45, 7) is 0.557. The summed E-state index contributed by atoms with van der Waals surface area (Å²) in [5, 5.41) is 18.8. The molecule has 1 aliphatic rings. The number of carboxylic acids is 1. The Morgan fingerprint density at radius 1 is 1.17 bits per heavy atom. The molecule has 0 unspecified atom stereocenters. The maximum Gasteiger partial charge on any atom is 0.303 e. The van der Waals surface area contributed by atoms with E-state index in [1.165, 1.54) is 24.3 Å². The van der Waals surface area contributed by atoms with E-state index in [1.54, 1.807) is 11.0 Å². The van der Waals surface area contributed by atoms with E-state index in [4.69, 9.17) is 5.11 Å². The maximum atomic E-state index is 14.5. The molecule has 1 fully saturated rings. The first-order chi connectivity index (χ1) is 13.8. The number of aliphatic carboxylic acids is 1. The molecule has 5 nitrogen and oxygen atoms in total. The molecule has 1 saturated heterocycles. The van der Waals surface area contributed by atoms with Crippen LogP contribution in [-0.2, 0) is 15.5 Å². The molecule has 2 rings (SSSR count). The lowest BCUT2D eigenvalue weighted by atomic mass is 9.92. The van der Waals surface area contributed by atoms with Gasteiger partial charge < -0.3 is 15.1 Å². The van der Waals surface area contributed by atoms with Crippen LogP contribution < -0.4 is 0 Å². The molecule has 0 aromatic heterocycles. The summed E-state index contributed by atoms with van der Waals surface area (Å²) in [6, 6.07) is 7.19. The number of piperidine rings is 1. The second kappa shape index (κ2) is 11.2. The van der Waals surface area contributed by atoms with Crippen LogP contribution in [0.15, 0.2) is 30.3 Å². The number of carbonyl (C=O) groups excluding carboxylic acids is 1. The maximum absolute atomic E-state index is 14.5. The first-order valence-electron chi connectivity index (χ1n) is 10.4. The highest BCUT2D eigenvalue weighted by Gasteiger charge is 2.40. The summed E-state index contributed by atoms with van der Waals surface area (Å²) >= 11 is 0. The van der Waals surface area contributed by atoms with Crippen molar-refractivity contribution in [3.8, 4) is 0 Å². The van der Waals surface area contributed by atoms with E-state index in [9.17, 15) is 23.5 Å². The van der Waals surface area contributed by atoms with E-state index in [2.05, 4.69) is 0 Å². The van der Waals surface area contributed by atoms with Gasteiger partial charge in [-0.05, 0) is 38.5 Å². The predicted octanol–water partition coefficient (Wildman–Crippen LogP) is 4.34. The molecule has 1 amide bonds. The Morgan fingerprint density at radius 2 is 1.86 bits per heavy atom. The second-order valence-corrected chi connectivity index (χ2v) is 7.77. The quantitative estimate of drug-likeness (QED) is 0.502. The third-order valence-corrected chi connectivity index (χ3v) is 5.58. The number of likely N-dealkylation sites (tertiary alicyclic amines) is 1. The average molecular weight is 411 g/mol. The standard InChI is InChI=1S/C22H31F2NO4/c23-22(24,17-9-4-3-5-10-17)19(26)15-14-18-11-8-12-20(27)25(18)16-7-2-1-6-13-21(28)29/h3-5,9-10,18-19,26H,1-2,6-8,11-16H2,(H,28,29)/t18-,19+/m1/s1. The Hall–Kier alpha value is -2.02. The summed E-state index contributed by atoms with van der Waals surface area (Å²) in [4.78, 5) is 24.6. The van der Waals surface area contributed by atoms with Gasteiger partial charge in [-0.25, -0.2) is 0 Å². The molecule has 0 radical (unpaired) electrons. The Labute approximate surface area is 170 Å². The van der Waals surface area contributed by atoms with E-state index in [0.717, 1.165) is 32.1 Å². The molecule has 2 N–H and O–H groups in total. The van der Waals surface area contributed by atoms with Crippen LogP contribution in [0.5, 0.6) is 0 Å². The number of aliphatic hydroxyl groups excluding tert-OH is 1. The molecule has 162 valence electrons. The number of alkyl halides is 2. The Kier molecular flexibility index (Phi) is 9.01. The van der Waals surface area contributed by atoms with Gasteiger partial charge in [-0.2, -0.15) is 8.78 Å². The minimum atomic E-state index is -3.32. The molecule has 0 saturated carbocycles. The lowest BCUT2D eigenvalue weighted by Gasteiger charge is -2.36. The van der Waals surface area contributed by atoms with Crippen LogP contribution in [0.2, 0.25) is 0 Å². The van der Waals surface area contributed by atoms with E-state index >= 15 is 0 Å². The van der Waals surface area contributed by atoms with Gasteiger partial charge in [-0.15, -0.1) is 0 Å². The number of benzene rings is 1. The van der Waals surface area contributed by atoms with Crippen LogP contribution in [0.4, 0.5) is 8.78 Å². The Balaban J connectivity index is 1.83. The summed E-state index contributed by atoms with van der Waals surface area (Å²) in [7, 11) is 0. The van der Waals surface area contributed by atoms with Crippen molar-refractivity contribution >= 4 is 11.9 Å². The number of halogens is 2. The molecule has 7 heteroatoms. The van der Waals surface area contributed by atoms with Crippen LogP contribution in [0.3, 0.4) is 0 Å². The van der Waals surface area contributed by atoms with Crippen molar-refractivity contribution in [3.05, 3.63) is 35.9 Å². The van der Waals surface area contributed by atoms with Gasteiger partial charge in [0.05, 0.1) is 0 Å². The number of rotatable bonds is 12. The van der Waals surface area contributed by atoms with Gasteiger partial charge in [-0.3, -0.25) is 9.59 Å². The zero-order valence-electron chi connectivity index (χ0n) is 16.7. The van der Waals surface area contributed by atoms with Crippen LogP contribution in [0.1, 0.15) is 69.8 Å². The molecular weight excluding hydrogens is 380 g/mol. The number of hydrogen-bond acceptors (Lipinski definition) is 3. The number of carboxylic acid groups (broad SMARTS) is 1. The van der Waals surface area contributed by atoms with Crippen molar-refractivity contribution in [3.63, 3.8) is 0 Å². The molecule has 0 aliphatic carbocycles. The van der Waals surface area contributed by atoms with Gasteiger partial charge in [-0.1, -0.05) is 43.2 Å². The van der Waals surface area contributed by atoms with Crippen LogP contribution in [0, 0.1) is 0 Å². The first kappa shape index (κ1) is 23.3. The zero-order valence-corrected chi connectivity index (χ0v) is 16.7. The minimum Gasteiger partial charge on any atom is -0.481 e. The van der Waals surface area contributed by atoms with Gasteiger partial charge in [0.25, 0.3) is 5.92 Å². The minimum absolute atomic E-state index is 0.0381. The summed E-state index contributed by atoms with van der Waals surface area (Å²) < 4.78 is 29.0. The lowest BCUT2D eigenvalue weighted by molar-refractivity contribution is -0.138. The molecule has 1 aliphatic heterocycles. The predicted molar refractivity (Wildman–Crippen MR) is 106 cm³/mol.